The molecule has 2 heterocycles. The van der Waals surface area contributed by atoms with Gasteiger partial charge in [-0.25, -0.2) is 4.39 Å². The molecule has 0 fully saturated rings. The number of hydrogen-bond donors (Lipinski definition) is 2. The van der Waals surface area contributed by atoms with Crippen molar-refractivity contribution in [2.24, 2.45) is 5.92 Å². The van der Waals surface area contributed by atoms with Crippen molar-refractivity contribution in [1.29, 1.82) is 0 Å². The average molecular weight is 444 g/mol. The Morgan fingerprint density at radius 3 is 2.52 bits per heavy atom. The van der Waals surface area contributed by atoms with E-state index in [9.17, 15) is 14.0 Å². The summed E-state index contributed by atoms with van der Waals surface area (Å²) in [5, 5.41) is 14.3. The van der Waals surface area contributed by atoms with Gasteiger partial charge in [0.05, 0.1) is 6.04 Å². The van der Waals surface area contributed by atoms with Gasteiger partial charge in [-0.3, -0.25) is 14.0 Å². The molecule has 2 atom stereocenters. The van der Waals surface area contributed by atoms with Gasteiger partial charge >= 0.3 is 0 Å². The van der Waals surface area contributed by atoms with Crippen molar-refractivity contribution in [1.82, 2.24) is 25.2 Å². The lowest BCUT2D eigenvalue weighted by molar-refractivity contribution is -0.124. The van der Waals surface area contributed by atoms with Crippen LogP contribution in [0.4, 0.5) is 4.39 Å². The third-order valence-corrected chi connectivity index (χ3v) is 5.57. The number of nitrogens with zero attached hydrogens (tertiary/aromatic N) is 3. The van der Waals surface area contributed by atoms with E-state index in [1.165, 1.54) is 24.3 Å². The van der Waals surface area contributed by atoms with Crippen molar-refractivity contribution in [2.75, 3.05) is 12.0 Å². The van der Waals surface area contributed by atoms with Gasteiger partial charge in [0.1, 0.15) is 11.9 Å². The van der Waals surface area contributed by atoms with Crippen LogP contribution in [0.3, 0.4) is 0 Å². The summed E-state index contributed by atoms with van der Waals surface area (Å²) in [6.45, 7) is 3.72. The second-order valence-electron chi connectivity index (χ2n) is 7.53. The van der Waals surface area contributed by atoms with E-state index in [2.05, 4.69) is 20.8 Å². The highest BCUT2D eigenvalue weighted by Crippen LogP contribution is 2.19. The number of benzene rings is 1. The second-order valence-corrected chi connectivity index (χ2v) is 8.52. The summed E-state index contributed by atoms with van der Waals surface area (Å²) < 4.78 is 15.0. The van der Waals surface area contributed by atoms with Crippen molar-refractivity contribution < 1.29 is 14.0 Å². The zero-order chi connectivity index (χ0) is 22.4. The minimum absolute atomic E-state index is 0.152. The molecular weight excluding hydrogens is 417 g/mol. The topological polar surface area (TPSA) is 88.4 Å². The summed E-state index contributed by atoms with van der Waals surface area (Å²) in [6.07, 6.45) is 4.53. The molecule has 0 spiro atoms. The molecule has 2 amide bonds. The first kappa shape index (κ1) is 22.7. The molecule has 9 heteroatoms. The van der Waals surface area contributed by atoms with Crippen molar-refractivity contribution in [3.63, 3.8) is 0 Å². The first-order chi connectivity index (χ1) is 14.9. The molecule has 164 valence electrons. The van der Waals surface area contributed by atoms with E-state index >= 15 is 0 Å². The van der Waals surface area contributed by atoms with Crippen LogP contribution in [-0.2, 0) is 4.79 Å². The SMILES string of the molecule is CSCCC(NC(=O)[C@@H](NC(=O)c1ccc(F)cc1)C(C)C)c1nnc2ccccn12. The Labute approximate surface area is 184 Å². The molecular formula is C22H26FN5O2S. The van der Waals surface area contributed by atoms with Gasteiger partial charge in [-0.1, -0.05) is 19.9 Å². The number of fused-ring (bicyclic) bond motifs is 1. The lowest BCUT2D eigenvalue weighted by atomic mass is 10.0. The maximum atomic E-state index is 13.2. The minimum atomic E-state index is -0.756. The zero-order valence-corrected chi connectivity index (χ0v) is 18.5. The number of halogens is 1. The summed E-state index contributed by atoms with van der Waals surface area (Å²) >= 11 is 1.67. The Balaban J connectivity index is 1.79. The number of hydrogen-bond acceptors (Lipinski definition) is 5. The van der Waals surface area contributed by atoms with Gasteiger partial charge in [0, 0.05) is 11.8 Å². The van der Waals surface area contributed by atoms with Crippen molar-refractivity contribution in [3.05, 3.63) is 65.9 Å². The van der Waals surface area contributed by atoms with Gasteiger partial charge in [-0.2, -0.15) is 11.8 Å². The van der Waals surface area contributed by atoms with E-state index in [1.807, 2.05) is 48.9 Å². The van der Waals surface area contributed by atoms with Crippen LogP contribution >= 0.6 is 11.8 Å². The minimum Gasteiger partial charge on any atom is -0.344 e. The third kappa shape index (κ3) is 5.61. The fourth-order valence-corrected chi connectivity index (χ4v) is 3.69. The van der Waals surface area contributed by atoms with Gasteiger partial charge in [0.2, 0.25) is 5.91 Å². The molecule has 0 aliphatic heterocycles. The van der Waals surface area contributed by atoms with Crippen LogP contribution in [0.15, 0.2) is 48.7 Å². The van der Waals surface area contributed by atoms with Crippen molar-refractivity contribution >= 4 is 29.2 Å². The van der Waals surface area contributed by atoms with E-state index in [0.29, 0.717) is 23.5 Å². The zero-order valence-electron chi connectivity index (χ0n) is 17.7. The summed E-state index contributed by atoms with van der Waals surface area (Å²) in [4.78, 5) is 25.8. The van der Waals surface area contributed by atoms with Gasteiger partial charge in [0.15, 0.2) is 11.5 Å². The summed E-state index contributed by atoms with van der Waals surface area (Å²) in [6, 6.07) is 9.71. The average Bonchev–Trinajstić information content (AvgIpc) is 3.19. The fourth-order valence-electron chi connectivity index (χ4n) is 3.22. The highest BCUT2D eigenvalue weighted by atomic mass is 32.2. The largest absolute Gasteiger partial charge is 0.344 e. The highest BCUT2D eigenvalue weighted by molar-refractivity contribution is 7.98. The number of rotatable bonds is 9. The number of amides is 2. The number of aromatic nitrogens is 3. The molecule has 1 aromatic carbocycles. The van der Waals surface area contributed by atoms with Gasteiger partial charge in [-0.05, 0) is 60.7 Å². The monoisotopic (exact) mass is 443 g/mol. The summed E-state index contributed by atoms with van der Waals surface area (Å²) in [5.41, 5.74) is 0.994. The third-order valence-electron chi connectivity index (χ3n) is 4.92. The summed E-state index contributed by atoms with van der Waals surface area (Å²) in [5.74, 6) is 0.158. The standard InChI is InChI=1S/C22H26FN5O2S/c1-14(2)19(25-21(29)15-7-9-16(23)10-8-15)22(30)24-17(11-13-31-3)20-27-26-18-6-4-5-12-28(18)20/h4-10,12,14,17,19H,11,13H2,1-3H3,(H,24,30)(H,25,29)/t17?,19-/m0/s1. The Hall–Kier alpha value is -2.94. The first-order valence-electron chi connectivity index (χ1n) is 10.1. The molecule has 0 bridgehead atoms. The molecule has 7 nitrogen and oxygen atoms in total. The first-order valence-corrected chi connectivity index (χ1v) is 11.5. The highest BCUT2D eigenvalue weighted by Gasteiger charge is 2.28. The predicted octanol–water partition coefficient (Wildman–Crippen LogP) is 3.23. The van der Waals surface area contributed by atoms with Gasteiger partial charge in [-0.15, -0.1) is 10.2 Å². The maximum absolute atomic E-state index is 13.2. The van der Waals surface area contributed by atoms with E-state index in [1.54, 1.807) is 11.8 Å². The molecule has 0 saturated carbocycles. The van der Waals surface area contributed by atoms with Crippen LogP contribution in [0.5, 0.6) is 0 Å². The number of thioether (sulfide) groups is 1. The van der Waals surface area contributed by atoms with Gasteiger partial charge < -0.3 is 10.6 Å². The van der Waals surface area contributed by atoms with Gasteiger partial charge in [0.25, 0.3) is 5.91 Å². The Morgan fingerprint density at radius 2 is 1.84 bits per heavy atom. The van der Waals surface area contributed by atoms with Crippen LogP contribution in [0.2, 0.25) is 0 Å². The molecule has 0 aliphatic carbocycles. The molecule has 1 unspecified atom stereocenters. The molecule has 2 aromatic heterocycles. The second kappa shape index (κ2) is 10.4. The molecule has 2 N–H and O–H groups in total. The van der Waals surface area contributed by atoms with Crippen LogP contribution in [0, 0.1) is 11.7 Å². The molecule has 0 aliphatic rings. The van der Waals surface area contributed by atoms with Crippen LogP contribution in [0.25, 0.3) is 5.65 Å². The smallest absolute Gasteiger partial charge is 0.251 e. The van der Waals surface area contributed by atoms with Crippen molar-refractivity contribution in [2.45, 2.75) is 32.4 Å². The normalized spacial score (nSPS) is 13.2. The number of carbonyl (C=O) groups is 2. The lowest BCUT2D eigenvalue weighted by Crippen LogP contribution is -2.50. The molecule has 3 rings (SSSR count). The quantitative estimate of drug-likeness (QED) is 0.530. The molecule has 31 heavy (non-hydrogen) atoms. The molecule has 0 radical (unpaired) electrons. The Morgan fingerprint density at radius 1 is 1.10 bits per heavy atom. The molecule has 3 aromatic rings. The van der Waals surface area contributed by atoms with Crippen LogP contribution < -0.4 is 10.6 Å². The number of carbonyl (C=O) groups excluding carboxylic acids is 2. The predicted molar refractivity (Wildman–Crippen MR) is 119 cm³/mol. The number of nitrogens with one attached hydrogen (secondary N) is 2. The lowest BCUT2D eigenvalue weighted by Gasteiger charge is -2.25. The fraction of sp³-hybridized carbons (Fsp3) is 0.364. The molecule has 0 saturated heterocycles. The summed E-state index contributed by atoms with van der Waals surface area (Å²) in [7, 11) is 0. The maximum Gasteiger partial charge on any atom is 0.251 e. The van der Waals surface area contributed by atoms with Crippen molar-refractivity contribution in [3.8, 4) is 0 Å². The number of pyridine rings is 1. The van der Waals surface area contributed by atoms with E-state index < -0.39 is 17.8 Å². The van der Waals surface area contributed by atoms with E-state index in [0.717, 1.165) is 5.75 Å². The van der Waals surface area contributed by atoms with E-state index in [-0.39, 0.29) is 17.9 Å². The van der Waals surface area contributed by atoms with Crippen LogP contribution in [0.1, 0.15) is 42.5 Å². The van der Waals surface area contributed by atoms with Crippen LogP contribution in [-0.4, -0.2) is 44.5 Å². The van der Waals surface area contributed by atoms with E-state index in [4.69, 9.17) is 0 Å². The Bertz CT molecular complexity index is 1040. The Kier molecular flexibility index (Phi) is 7.62.